The SMILES string of the molecule is CC.O=C(CC(=O)C(F)(F)F)C(F)(F)F. The highest BCUT2D eigenvalue weighted by Crippen LogP contribution is 2.23. The molecule has 0 saturated heterocycles. The van der Waals surface area contributed by atoms with Crippen molar-refractivity contribution in [1.29, 1.82) is 0 Å². The first kappa shape index (κ1) is 16.4. The summed E-state index contributed by atoms with van der Waals surface area (Å²) >= 11 is 0. The van der Waals surface area contributed by atoms with Crippen LogP contribution in [0.5, 0.6) is 0 Å². The Bertz CT molecular complexity index is 203. The van der Waals surface area contributed by atoms with Crippen molar-refractivity contribution in [2.45, 2.75) is 32.6 Å². The Labute approximate surface area is 81.3 Å². The van der Waals surface area contributed by atoms with E-state index < -0.39 is 30.3 Å². The summed E-state index contributed by atoms with van der Waals surface area (Å²) in [6.45, 7) is 4.00. The van der Waals surface area contributed by atoms with Crippen LogP contribution in [-0.2, 0) is 9.59 Å². The van der Waals surface area contributed by atoms with E-state index in [1.807, 2.05) is 13.8 Å². The molecule has 8 heteroatoms. The van der Waals surface area contributed by atoms with Crippen molar-refractivity contribution in [3.05, 3.63) is 0 Å². The van der Waals surface area contributed by atoms with Crippen LogP contribution in [0.1, 0.15) is 20.3 Å². The molecule has 0 spiro atoms. The highest BCUT2D eigenvalue weighted by atomic mass is 19.4. The summed E-state index contributed by atoms with van der Waals surface area (Å²) in [5, 5.41) is 0. The van der Waals surface area contributed by atoms with Gasteiger partial charge in [0.05, 0.1) is 6.42 Å². The van der Waals surface area contributed by atoms with Crippen molar-refractivity contribution in [2.24, 2.45) is 0 Å². The number of carbonyl (C=O) groups is 2. The van der Waals surface area contributed by atoms with E-state index in [0.29, 0.717) is 0 Å². The van der Waals surface area contributed by atoms with E-state index in [1.54, 1.807) is 0 Å². The van der Waals surface area contributed by atoms with Gasteiger partial charge >= 0.3 is 12.4 Å². The average Bonchev–Trinajstić information content (AvgIpc) is 2.04. The van der Waals surface area contributed by atoms with Gasteiger partial charge in [0.2, 0.25) is 11.6 Å². The van der Waals surface area contributed by atoms with E-state index in [2.05, 4.69) is 0 Å². The molecule has 0 aliphatic heterocycles. The molecule has 0 rings (SSSR count). The van der Waals surface area contributed by atoms with Crippen LogP contribution >= 0.6 is 0 Å². The zero-order valence-electron chi connectivity index (χ0n) is 7.79. The summed E-state index contributed by atoms with van der Waals surface area (Å²) in [4.78, 5) is 19.8. The molecule has 0 aromatic rings. The minimum Gasteiger partial charge on any atom is -0.289 e. The van der Waals surface area contributed by atoms with Gasteiger partial charge in [-0.1, -0.05) is 13.8 Å². The molecule has 0 heterocycles. The molecule has 0 fully saturated rings. The van der Waals surface area contributed by atoms with Gasteiger partial charge in [0.1, 0.15) is 0 Å². The molecular weight excluding hydrogens is 230 g/mol. The third-order valence-corrected chi connectivity index (χ3v) is 0.953. The predicted molar refractivity (Wildman–Crippen MR) is 38.1 cm³/mol. The molecule has 0 saturated carbocycles. The van der Waals surface area contributed by atoms with Crippen LogP contribution in [0.3, 0.4) is 0 Å². The number of hydrogen-bond donors (Lipinski definition) is 0. The fourth-order valence-electron chi connectivity index (χ4n) is 0.346. The number of carbonyl (C=O) groups excluding carboxylic acids is 2. The molecule has 0 atom stereocenters. The Kier molecular flexibility index (Phi) is 6.23. The monoisotopic (exact) mass is 238 g/mol. The van der Waals surface area contributed by atoms with E-state index in [1.165, 1.54) is 0 Å². The number of ketones is 2. The van der Waals surface area contributed by atoms with Crippen LogP contribution in [0.25, 0.3) is 0 Å². The van der Waals surface area contributed by atoms with E-state index in [9.17, 15) is 35.9 Å². The third kappa shape index (κ3) is 6.92. The van der Waals surface area contributed by atoms with E-state index in [4.69, 9.17) is 0 Å². The van der Waals surface area contributed by atoms with Crippen LogP contribution in [0.15, 0.2) is 0 Å². The maximum atomic E-state index is 11.3. The molecule has 2 nitrogen and oxygen atoms in total. The Balaban J connectivity index is 0. The Morgan fingerprint density at radius 2 is 1.00 bits per heavy atom. The second-order valence-corrected chi connectivity index (χ2v) is 2.02. The zero-order valence-corrected chi connectivity index (χ0v) is 7.79. The van der Waals surface area contributed by atoms with Gasteiger partial charge in [0, 0.05) is 0 Å². The molecule has 0 radical (unpaired) electrons. The summed E-state index contributed by atoms with van der Waals surface area (Å²) < 4.78 is 68.0. The van der Waals surface area contributed by atoms with Crippen molar-refractivity contribution in [3.8, 4) is 0 Å². The number of halogens is 6. The van der Waals surface area contributed by atoms with Crippen molar-refractivity contribution in [1.82, 2.24) is 0 Å². The van der Waals surface area contributed by atoms with Gasteiger partial charge in [-0.05, 0) is 0 Å². The highest BCUT2D eigenvalue weighted by molar-refractivity contribution is 6.03. The molecule has 0 unspecified atom stereocenters. The van der Waals surface area contributed by atoms with Gasteiger partial charge in [-0.25, -0.2) is 0 Å². The average molecular weight is 238 g/mol. The van der Waals surface area contributed by atoms with Crippen LogP contribution < -0.4 is 0 Å². The normalized spacial score (nSPS) is 11.5. The summed E-state index contributed by atoms with van der Waals surface area (Å²) in [5.74, 6) is -5.40. The predicted octanol–water partition coefficient (Wildman–Crippen LogP) is 2.67. The van der Waals surface area contributed by atoms with E-state index in [0.717, 1.165) is 0 Å². The maximum absolute atomic E-state index is 11.3. The second-order valence-electron chi connectivity index (χ2n) is 2.02. The minimum absolute atomic E-state index is 2.00. The van der Waals surface area contributed by atoms with Crippen molar-refractivity contribution >= 4 is 11.6 Å². The molecular formula is C7H8F6O2. The molecule has 0 aliphatic carbocycles. The Morgan fingerprint density at radius 3 is 1.13 bits per heavy atom. The lowest BCUT2D eigenvalue weighted by molar-refractivity contribution is -0.182. The van der Waals surface area contributed by atoms with E-state index >= 15 is 0 Å². The first-order valence-electron chi connectivity index (χ1n) is 3.75. The third-order valence-electron chi connectivity index (χ3n) is 0.953. The summed E-state index contributed by atoms with van der Waals surface area (Å²) in [6, 6.07) is 0. The lowest BCUT2D eigenvalue weighted by Crippen LogP contribution is -2.31. The molecule has 0 N–H and O–H groups in total. The maximum Gasteiger partial charge on any atom is 0.450 e. The van der Waals surface area contributed by atoms with Crippen LogP contribution in [0, 0.1) is 0 Å². The standard InChI is InChI=1S/C5H2F6O2.C2H6/c6-4(7,8)2(12)1-3(13)5(9,10)11;1-2/h1H2;1-2H3. The van der Waals surface area contributed by atoms with Gasteiger partial charge in [-0.3, -0.25) is 9.59 Å². The van der Waals surface area contributed by atoms with Crippen LogP contribution in [0.2, 0.25) is 0 Å². The summed E-state index contributed by atoms with van der Waals surface area (Å²) in [6.07, 6.45) is -13.0. The largest absolute Gasteiger partial charge is 0.450 e. The molecule has 90 valence electrons. The second kappa shape index (κ2) is 5.72. The quantitative estimate of drug-likeness (QED) is 0.547. The number of Topliss-reactive ketones (excluding diaryl/α,β-unsaturated/α-hetero) is 2. The molecule has 0 aromatic heterocycles. The molecule has 0 bridgehead atoms. The van der Waals surface area contributed by atoms with Crippen LogP contribution in [0.4, 0.5) is 26.3 Å². The number of hydrogen-bond acceptors (Lipinski definition) is 2. The van der Waals surface area contributed by atoms with Gasteiger partial charge in [-0.2, -0.15) is 26.3 Å². The fourth-order valence-corrected chi connectivity index (χ4v) is 0.346. The van der Waals surface area contributed by atoms with Gasteiger partial charge in [-0.15, -0.1) is 0 Å². The smallest absolute Gasteiger partial charge is 0.289 e. The Morgan fingerprint density at radius 1 is 0.800 bits per heavy atom. The first-order valence-corrected chi connectivity index (χ1v) is 3.75. The van der Waals surface area contributed by atoms with Crippen molar-refractivity contribution < 1.29 is 35.9 Å². The fraction of sp³-hybridized carbons (Fsp3) is 0.714. The first-order chi connectivity index (χ1) is 6.55. The van der Waals surface area contributed by atoms with Crippen molar-refractivity contribution in [3.63, 3.8) is 0 Å². The molecule has 15 heavy (non-hydrogen) atoms. The van der Waals surface area contributed by atoms with Crippen molar-refractivity contribution in [2.75, 3.05) is 0 Å². The zero-order chi connectivity index (χ0) is 12.9. The highest BCUT2D eigenvalue weighted by Gasteiger charge is 2.46. The Hall–Kier alpha value is -1.08. The lowest BCUT2D eigenvalue weighted by Gasteiger charge is -2.06. The summed E-state index contributed by atoms with van der Waals surface area (Å²) in [5.41, 5.74) is 0. The lowest BCUT2D eigenvalue weighted by atomic mass is 10.2. The summed E-state index contributed by atoms with van der Waals surface area (Å²) in [7, 11) is 0. The molecule has 0 aromatic carbocycles. The van der Waals surface area contributed by atoms with Gasteiger partial charge in [0.15, 0.2) is 0 Å². The molecule has 0 amide bonds. The number of rotatable bonds is 2. The van der Waals surface area contributed by atoms with E-state index in [-0.39, 0.29) is 0 Å². The minimum atomic E-state index is -5.40. The van der Waals surface area contributed by atoms with Gasteiger partial charge in [0.25, 0.3) is 0 Å². The van der Waals surface area contributed by atoms with Gasteiger partial charge < -0.3 is 0 Å². The number of alkyl halides is 6. The topological polar surface area (TPSA) is 34.1 Å². The molecule has 0 aliphatic rings. The van der Waals surface area contributed by atoms with Crippen LogP contribution in [-0.4, -0.2) is 23.9 Å².